The first-order chi connectivity index (χ1) is 7.86. The van der Waals surface area contributed by atoms with Gasteiger partial charge in [0.2, 0.25) is 0 Å². The van der Waals surface area contributed by atoms with Crippen molar-refractivity contribution in [3.05, 3.63) is 17.0 Å². The van der Waals surface area contributed by atoms with E-state index in [-0.39, 0.29) is 11.0 Å². The van der Waals surface area contributed by atoms with E-state index < -0.39 is 18.8 Å². The minimum Gasteiger partial charge on any atom is -0.382 e. The third-order valence-electron chi connectivity index (χ3n) is 2.09. The minimum atomic E-state index is -4.66. The molecule has 1 aromatic heterocycles. The molecule has 1 aromatic rings. The van der Waals surface area contributed by atoms with Crippen LogP contribution >= 0.6 is 11.6 Å². The summed E-state index contributed by atoms with van der Waals surface area (Å²) in [6.45, 7) is 1.10. The van der Waals surface area contributed by atoms with E-state index in [1.54, 1.807) is 6.92 Å². The maximum absolute atomic E-state index is 12.1. The summed E-state index contributed by atoms with van der Waals surface area (Å²) in [6, 6.07) is 0. The lowest BCUT2D eigenvalue weighted by Crippen LogP contribution is -2.35. The maximum atomic E-state index is 12.1. The van der Waals surface area contributed by atoms with Gasteiger partial charge in [0, 0.05) is 5.56 Å². The Hall–Kier alpha value is -1.08. The average Bonchev–Trinajstić information content (AvgIpc) is 2.24. The smallest absolute Gasteiger partial charge is 0.382 e. The summed E-state index contributed by atoms with van der Waals surface area (Å²) in [5, 5.41) is 11.4. The van der Waals surface area contributed by atoms with Crippen LogP contribution in [-0.4, -0.2) is 33.9 Å². The molecular formula is C9H11ClF3N3O. The number of anilines is 1. The van der Waals surface area contributed by atoms with Crippen molar-refractivity contribution in [3.63, 3.8) is 0 Å². The third-order valence-corrected chi connectivity index (χ3v) is 2.41. The first-order valence-electron chi connectivity index (χ1n) is 4.84. The van der Waals surface area contributed by atoms with Gasteiger partial charge in [-0.05, 0) is 6.42 Å². The molecule has 0 saturated carbocycles. The maximum Gasteiger partial charge on any atom is 0.416 e. The zero-order valence-corrected chi connectivity index (χ0v) is 9.68. The number of aliphatic hydroxyl groups excluding tert-OH is 1. The summed E-state index contributed by atoms with van der Waals surface area (Å²) < 4.78 is 36.2. The van der Waals surface area contributed by atoms with E-state index in [2.05, 4.69) is 15.3 Å². The second-order valence-electron chi connectivity index (χ2n) is 3.28. The number of alkyl halides is 3. The lowest BCUT2D eigenvalue weighted by atomic mass is 10.2. The number of rotatable bonds is 4. The zero-order chi connectivity index (χ0) is 13.1. The van der Waals surface area contributed by atoms with Crippen LogP contribution < -0.4 is 5.32 Å². The van der Waals surface area contributed by atoms with Gasteiger partial charge in [-0.25, -0.2) is 9.97 Å². The molecule has 4 nitrogen and oxygen atoms in total. The fourth-order valence-electron chi connectivity index (χ4n) is 1.17. The van der Waals surface area contributed by atoms with Crippen molar-refractivity contribution in [2.45, 2.75) is 25.6 Å². The summed E-state index contributed by atoms with van der Waals surface area (Å²) in [4.78, 5) is 7.50. The van der Waals surface area contributed by atoms with E-state index in [9.17, 15) is 13.2 Å². The summed E-state index contributed by atoms with van der Waals surface area (Å²) in [7, 11) is 0. The highest BCUT2D eigenvalue weighted by atomic mass is 35.5. The summed E-state index contributed by atoms with van der Waals surface area (Å²) in [6.07, 6.45) is -5.48. The predicted octanol–water partition coefficient (Wildman–Crippen LogP) is 2.03. The van der Waals surface area contributed by atoms with Crippen LogP contribution in [0.25, 0.3) is 0 Å². The molecule has 1 atom stereocenters. The topological polar surface area (TPSA) is 58.0 Å². The van der Waals surface area contributed by atoms with Gasteiger partial charge in [0.1, 0.15) is 17.3 Å². The lowest BCUT2D eigenvalue weighted by Gasteiger charge is -2.16. The van der Waals surface area contributed by atoms with Gasteiger partial charge in [-0.3, -0.25) is 0 Å². The fraction of sp³-hybridized carbons (Fsp3) is 0.556. The van der Waals surface area contributed by atoms with Crippen LogP contribution in [0.2, 0.25) is 5.15 Å². The first kappa shape index (κ1) is 14.0. The molecule has 0 saturated heterocycles. The Bertz CT molecular complexity index is 386. The Labute approximate surface area is 101 Å². The summed E-state index contributed by atoms with van der Waals surface area (Å²) in [5.41, 5.74) is 0.517. The quantitative estimate of drug-likeness (QED) is 0.821. The molecule has 0 bridgehead atoms. The van der Waals surface area contributed by atoms with Gasteiger partial charge in [0.05, 0.1) is 6.54 Å². The number of aromatic nitrogens is 2. The van der Waals surface area contributed by atoms with Crippen LogP contribution in [0.15, 0.2) is 6.33 Å². The van der Waals surface area contributed by atoms with Crippen molar-refractivity contribution in [2.75, 3.05) is 11.9 Å². The van der Waals surface area contributed by atoms with Gasteiger partial charge >= 0.3 is 6.18 Å². The molecule has 0 radical (unpaired) electrons. The van der Waals surface area contributed by atoms with Crippen LogP contribution in [0, 0.1) is 0 Å². The predicted molar refractivity (Wildman–Crippen MR) is 57.0 cm³/mol. The van der Waals surface area contributed by atoms with Crippen molar-refractivity contribution in [1.82, 2.24) is 9.97 Å². The summed E-state index contributed by atoms with van der Waals surface area (Å²) >= 11 is 5.76. The lowest BCUT2D eigenvalue weighted by molar-refractivity contribution is -0.198. The molecule has 0 aliphatic heterocycles. The molecule has 0 aliphatic carbocycles. The number of hydrogen-bond acceptors (Lipinski definition) is 4. The Morgan fingerprint density at radius 1 is 1.47 bits per heavy atom. The minimum absolute atomic E-state index is 0.187. The van der Waals surface area contributed by atoms with Gasteiger partial charge in [-0.1, -0.05) is 18.5 Å². The monoisotopic (exact) mass is 269 g/mol. The molecule has 96 valence electrons. The van der Waals surface area contributed by atoms with E-state index in [4.69, 9.17) is 16.7 Å². The molecular weight excluding hydrogens is 259 g/mol. The number of nitrogens with zero attached hydrogens (tertiary/aromatic N) is 2. The highest BCUT2D eigenvalue weighted by molar-refractivity contribution is 6.30. The van der Waals surface area contributed by atoms with Gasteiger partial charge in [0.15, 0.2) is 6.10 Å². The second-order valence-corrected chi connectivity index (χ2v) is 3.64. The zero-order valence-electron chi connectivity index (χ0n) is 8.92. The molecule has 1 rings (SSSR count). The van der Waals surface area contributed by atoms with Gasteiger partial charge in [0.25, 0.3) is 0 Å². The van der Waals surface area contributed by atoms with Crippen molar-refractivity contribution < 1.29 is 18.3 Å². The van der Waals surface area contributed by atoms with E-state index in [1.807, 2.05) is 0 Å². The number of nitrogens with one attached hydrogen (secondary N) is 1. The Balaban J connectivity index is 2.73. The van der Waals surface area contributed by atoms with Crippen molar-refractivity contribution in [2.24, 2.45) is 0 Å². The standard InChI is InChI=1S/C9H11ClF3N3O/c1-2-5-7(10)15-4-16-8(5)14-3-6(17)9(11,12)13/h4,6,17H,2-3H2,1H3,(H,14,15,16). The molecule has 0 aromatic carbocycles. The van der Waals surface area contributed by atoms with E-state index in [0.717, 1.165) is 6.33 Å². The van der Waals surface area contributed by atoms with E-state index in [1.165, 1.54) is 0 Å². The van der Waals surface area contributed by atoms with Crippen LogP contribution in [-0.2, 0) is 6.42 Å². The van der Waals surface area contributed by atoms with Gasteiger partial charge in [-0.15, -0.1) is 0 Å². The van der Waals surface area contributed by atoms with Crippen molar-refractivity contribution in [1.29, 1.82) is 0 Å². The highest BCUT2D eigenvalue weighted by Gasteiger charge is 2.38. The molecule has 17 heavy (non-hydrogen) atoms. The SMILES string of the molecule is CCc1c(Cl)ncnc1NCC(O)C(F)(F)F. The van der Waals surface area contributed by atoms with Crippen LogP contribution in [0.5, 0.6) is 0 Å². The van der Waals surface area contributed by atoms with Gasteiger partial charge in [-0.2, -0.15) is 13.2 Å². The van der Waals surface area contributed by atoms with E-state index in [0.29, 0.717) is 12.0 Å². The number of halogens is 4. The second kappa shape index (κ2) is 5.50. The number of aliphatic hydroxyl groups is 1. The molecule has 0 aliphatic rings. The molecule has 0 amide bonds. The van der Waals surface area contributed by atoms with Crippen LogP contribution in [0.1, 0.15) is 12.5 Å². The Morgan fingerprint density at radius 2 is 2.12 bits per heavy atom. The molecule has 1 unspecified atom stereocenters. The summed E-state index contributed by atoms with van der Waals surface area (Å²) in [5.74, 6) is 0.204. The highest BCUT2D eigenvalue weighted by Crippen LogP contribution is 2.23. The molecule has 8 heteroatoms. The molecule has 0 spiro atoms. The number of hydrogen-bond donors (Lipinski definition) is 2. The van der Waals surface area contributed by atoms with Crippen molar-refractivity contribution >= 4 is 17.4 Å². The first-order valence-corrected chi connectivity index (χ1v) is 5.22. The molecule has 1 heterocycles. The largest absolute Gasteiger partial charge is 0.416 e. The van der Waals surface area contributed by atoms with E-state index >= 15 is 0 Å². The van der Waals surface area contributed by atoms with Crippen LogP contribution in [0.4, 0.5) is 19.0 Å². The fourth-order valence-corrected chi connectivity index (χ4v) is 1.43. The van der Waals surface area contributed by atoms with Crippen LogP contribution in [0.3, 0.4) is 0 Å². The molecule has 2 N–H and O–H groups in total. The van der Waals surface area contributed by atoms with Crippen molar-refractivity contribution in [3.8, 4) is 0 Å². The average molecular weight is 270 g/mol. The molecule has 0 fully saturated rings. The Kier molecular flexibility index (Phi) is 4.53. The van der Waals surface area contributed by atoms with Gasteiger partial charge < -0.3 is 10.4 Å². The third kappa shape index (κ3) is 3.71. The normalized spacial score (nSPS) is 13.5. The Morgan fingerprint density at radius 3 is 2.65 bits per heavy atom.